The molecule has 0 aliphatic carbocycles. The summed E-state index contributed by atoms with van der Waals surface area (Å²) in [5.74, 6) is 0.857. The number of hydrogen-bond acceptors (Lipinski definition) is 4. The van der Waals surface area contributed by atoms with Gasteiger partial charge in [-0.15, -0.1) is 0 Å². The highest BCUT2D eigenvalue weighted by molar-refractivity contribution is 5.35. The highest BCUT2D eigenvalue weighted by atomic mass is 16.5. The molecule has 1 aromatic carbocycles. The third kappa shape index (κ3) is 5.59. The van der Waals surface area contributed by atoms with E-state index in [4.69, 9.17) is 9.47 Å². The van der Waals surface area contributed by atoms with Gasteiger partial charge in [-0.1, -0.05) is 18.2 Å². The van der Waals surface area contributed by atoms with Crippen molar-refractivity contribution in [2.24, 2.45) is 0 Å². The molecule has 0 bridgehead atoms. The van der Waals surface area contributed by atoms with E-state index in [9.17, 15) is 5.11 Å². The van der Waals surface area contributed by atoms with Crippen LogP contribution in [0.1, 0.15) is 32.4 Å². The predicted octanol–water partition coefficient (Wildman–Crippen LogP) is 2.13. The number of aliphatic hydroxyl groups is 1. The number of ether oxygens (including phenoxy) is 2. The molecule has 1 unspecified atom stereocenters. The minimum atomic E-state index is -0.500. The molecule has 108 valence electrons. The van der Waals surface area contributed by atoms with Gasteiger partial charge in [0.2, 0.25) is 0 Å². The Morgan fingerprint density at radius 1 is 1.21 bits per heavy atom. The average molecular weight is 267 g/mol. The van der Waals surface area contributed by atoms with Crippen molar-refractivity contribution in [3.05, 3.63) is 29.8 Å². The Balaban J connectivity index is 2.44. The monoisotopic (exact) mass is 267 g/mol. The Labute approximate surface area is 115 Å². The number of nitrogens with one attached hydrogen (secondary N) is 1. The maximum Gasteiger partial charge on any atom is 0.123 e. The van der Waals surface area contributed by atoms with E-state index in [1.807, 2.05) is 45.0 Å². The molecule has 2 N–H and O–H groups in total. The lowest BCUT2D eigenvalue weighted by Crippen LogP contribution is -2.33. The molecule has 0 radical (unpaired) electrons. The Morgan fingerprint density at radius 2 is 1.89 bits per heavy atom. The van der Waals surface area contributed by atoms with Gasteiger partial charge >= 0.3 is 0 Å². The Hall–Kier alpha value is -1.10. The van der Waals surface area contributed by atoms with Crippen LogP contribution in [0.15, 0.2) is 24.3 Å². The minimum Gasteiger partial charge on any atom is -0.496 e. The lowest BCUT2D eigenvalue weighted by molar-refractivity contribution is 0.00558. The molecule has 4 nitrogen and oxygen atoms in total. The van der Waals surface area contributed by atoms with Crippen LogP contribution >= 0.6 is 0 Å². The fourth-order valence-electron chi connectivity index (χ4n) is 1.81. The Bertz CT molecular complexity index is 368. The van der Waals surface area contributed by atoms with E-state index in [-0.39, 0.29) is 12.1 Å². The van der Waals surface area contributed by atoms with E-state index in [0.717, 1.165) is 11.3 Å². The van der Waals surface area contributed by atoms with Crippen molar-refractivity contribution in [3.8, 4) is 5.75 Å². The third-order valence-electron chi connectivity index (χ3n) is 2.89. The zero-order valence-electron chi connectivity index (χ0n) is 12.2. The molecule has 0 fully saturated rings. The van der Waals surface area contributed by atoms with Gasteiger partial charge in [0, 0.05) is 18.2 Å². The number of methoxy groups -OCH3 is 1. The van der Waals surface area contributed by atoms with Crippen LogP contribution in [0.25, 0.3) is 0 Å². The molecule has 1 rings (SSSR count). The van der Waals surface area contributed by atoms with E-state index < -0.39 is 6.10 Å². The molecule has 0 saturated heterocycles. The zero-order valence-corrected chi connectivity index (χ0v) is 12.2. The van der Waals surface area contributed by atoms with E-state index in [2.05, 4.69) is 5.32 Å². The summed E-state index contributed by atoms with van der Waals surface area (Å²) in [7, 11) is 1.66. The van der Waals surface area contributed by atoms with Gasteiger partial charge in [-0.05, 0) is 26.8 Å². The Kier molecular flexibility index (Phi) is 6.84. The molecule has 4 heteroatoms. The van der Waals surface area contributed by atoms with Crippen LogP contribution in [0, 0.1) is 0 Å². The van der Waals surface area contributed by atoms with Gasteiger partial charge in [0.05, 0.1) is 25.9 Å². The molecular formula is C15H25NO3. The van der Waals surface area contributed by atoms with Crippen molar-refractivity contribution in [3.63, 3.8) is 0 Å². The summed E-state index contributed by atoms with van der Waals surface area (Å²) in [6.45, 7) is 6.80. The largest absolute Gasteiger partial charge is 0.496 e. The highest BCUT2D eigenvalue weighted by Crippen LogP contribution is 2.24. The molecule has 0 saturated carbocycles. The molecule has 0 aliphatic heterocycles. The summed E-state index contributed by atoms with van der Waals surface area (Å²) in [6.07, 6.45) is -0.360. The standard InChI is InChI=1S/C15H25NO3/c1-11(2)19-10-13(17)9-16-12(3)14-7-5-6-8-15(14)18-4/h5-8,11-13,16-17H,9-10H2,1-4H3/t12-,13?/m1/s1. The summed E-state index contributed by atoms with van der Waals surface area (Å²) >= 11 is 0. The van der Waals surface area contributed by atoms with Crippen LogP contribution in [0.5, 0.6) is 5.75 Å². The number of para-hydroxylation sites is 1. The van der Waals surface area contributed by atoms with E-state index in [0.29, 0.717) is 13.2 Å². The van der Waals surface area contributed by atoms with Crippen molar-refractivity contribution in [2.75, 3.05) is 20.3 Å². The molecule has 0 spiro atoms. The molecule has 19 heavy (non-hydrogen) atoms. The Morgan fingerprint density at radius 3 is 2.53 bits per heavy atom. The highest BCUT2D eigenvalue weighted by Gasteiger charge is 2.12. The van der Waals surface area contributed by atoms with Gasteiger partial charge in [0.25, 0.3) is 0 Å². The summed E-state index contributed by atoms with van der Waals surface area (Å²) in [5.41, 5.74) is 1.09. The molecule has 1 aromatic rings. The van der Waals surface area contributed by atoms with Gasteiger partial charge in [-0.3, -0.25) is 0 Å². The third-order valence-corrected chi connectivity index (χ3v) is 2.89. The van der Waals surface area contributed by atoms with Crippen LogP contribution in [0.3, 0.4) is 0 Å². The van der Waals surface area contributed by atoms with Gasteiger partial charge in [-0.25, -0.2) is 0 Å². The quantitative estimate of drug-likeness (QED) is 0.757. The van der Waals surface area contributed by atoms with Crippen molar-refractivity contribution >= 4 is 0 Å². The van der Waals surface area contributed by atoms with Crippen molar-refractivity contribution in [2.45, 2.75) is 39.0 Å². The van der Waals surface area contributed by atoms with Crippen molar-refractivity contribution in [1.29, 1.82) is 0 Å². The lowest BCUT2D eigenvalue weighted by Gasteiger charge is -2.20. The fourth-order valence-corrected chi connectivity index (χ4v) is 1.81. The van der Waals surface area contributed by atoms with Gasteiger partial charge in [0.1, 0.15) is 5.75 Å². The summed E-state index contributed by atoms with van der Waals surface area (Å²) < 4.78 is 10.7. The van der Waals surface area contributed by atoms with Crippen LogP contribution in [0.2, 0.25) is 0 Å². The number of benzene rings is 1. The van der Waals surface area contributed by atoms with Gasteiger partial charge in [-0.2, -0.15) is 0 Å². The summed E-state index contributed by atoms with van der Waals surface area (Å²) in [5, 5.41) is 13.1. The maximum absolute atomic E-state index is 9.80. The smallest absolute Gasteiger partial charge is 0.123 e. The second-order valence-electron chi connectivity index (χ2n) is 4.91. The first-order valence-corrected chi connectivity index (χ1v) is 6.70. The lowest BCUT2D eigenvalue weighted by atomic mass is 10.1. The maximum atomic E-state index is 9.80. The van der Waals surface area contributed by atoms with Crippen LogP contribution < -0.4 is 10.1 Å². The fraction of sp³-hybridized carbons (Fsp3) is 0.600. The molecule has 0 heterocycles. The minimum absolute atomic E-state index is 0.116. The predicted molar refractivity (Wildman–Crippen MR) is 76.5 cm³/mol. The topological polar surface area (TPSA) is 50.7 Å². The van der Waals surface area contributed by atoms with Crippen LogP contribution in [-0.2, 0) is 4.74 Å². The second kappa shape index (κ2) is 8.15. The first kappa shape index (κ1) is 16.0. The SMILES string of the molecule is COc1ccccc1[C@@H](C)NCC(O)COC(C)C. The van der Waals surface area contributed by atoms with Gasteiger partial charge in [0.15, 0.2) is 0 Å². The molecule has 0 aliphatic rings. The van der Waals surface area contributed by atoms with Crippen molar-refractivity contribution < 1.29 is 14.6 Å². The second-order valence-corrected chi connectivity index (χ2v) is 4.91. The number of hydrogen-bond donors (Lipinski definition) is 2. The zero-order chi connectivity index (χ0) is 14.3. The molecule has 0 aromatic heterocycles. The van der Waals surface area contributed by atoms with Crippen molar-refractivity contribution in [1.82, 2.24) is 5.32 Å². The molecular weight excluding hydrogens is 242 g/mol. The first-order chi connectivity index (χ1) is 9.04. The number of aliphatic hydroxyl groups excluding tert-OH is 1. The normalized spacial score (nSPS) is 14.4. The first-order valence-electron chi connectivity index (χ1n) is 6.70. The van der Waals surface area contributed by atoms with E-state index in [1.54, 1.807) is 7.11 Å². The molecule has 2 atom stereocenters. The number of rotatable bonds is 8. The van der Waals surface area contributed by atoms with Crippen LogP contribution in [-0.4, -0.2) is 37.6 Å². The van der Waals surface area contributed by atoms with Gasteiger partial charge < -0.3 is 19.9 Å². The van der Waals surface area contributed by atoms with E-state index >= 15 is 0 Å². The molecule has 0 amide bonds. The van der Waals surface area contributed by atoms with E-state index in [1.165, 1.54) is 0 Å². The summed E-state index contributed by atoms with van der Waals surface area (Å²) in [6, 6.07) is 8.00. The summed E-state index contributed by atoms with van der Waals surface area (Å²) in [4.78, 5) is 0. The van der Waals surface area contributed by atoms with Crippen LogP contribution in [0.4, 0.5) is 0 Å². The average Bonchev–Trinajstić information content (AvgIpc) is 2.42.